The van der Waals surface area contributed by atoms with Crippen molar-refractivity contribution in [1.82, 2.24) is 9.97 Å². The van der Waals surface area contributed by atoms with Gasteiger partial charge in [-0.25, -0.2) is 9.37 Å². The largest absolute Gasteiger partial charge is 0.340 e. The van der Waals surface area contributed by atoms with Crippen molar-refractivity contribution >= 4 is 23.1 Å². The van der Waals surface area contributed by atoms with Gasteiger partial charge in [-0.15, -0.1) is 0 Å². The van der Waals surface area contributed by atoms with Crippen molar-refractivity contribution in [1.29, 1.82) is 0 Å². The molecule has 0 aliphatic carbocycles. The van der Waals surface area contributed by atoms with Crippen LogP contribution in [0.4, 0.5) is 27.5 Å². The van der Waals surface area contributed by atoms with Crippen LogP contribution in [0.2, 0.25) is 0 Å². The lowest BCUT2D eigenvalue weighted by molar-refractivity contribution is 0.628. The number of halogens is 1. The molecule has 4 nitrogen and oxygen atoms in total. The molecule has 3 rings (SSSR count). The average Bonchev–Trinajstić information content (AvgIpc) is 2.54. The fourth-order valence-electron chi connectivity index (χ4n) is 2.64. The predicted octanol–water partition coefficient (Wildman–Crippen LogP) is 5.53. The third-order valence-electron chi connectivity index (χ3n) is 3.78. The van der Waals surface area contributed by atoms with E-state index in [-0.39, 0.29) is 5.82 Å². The third-order valence-corrected chi connectivity index (χ3v) is 3.78. The Morgan fingerprint density at radius 3 is 2.48 bits per heavy atom. The molecule has 0 atom stereocenters. The van der Waals surface area contributed by atoms with E-state index in [1.165, 1.54) is 17.7 Å². The molecule has 0 fully saturated rings. The minimum absolute atomic E-state index is 0.292. The van der Waals surface area contributed by atoms with Gasteiger partial charge in [-0.3, -0.25) is 0 Å². The maximum absolute atomic E-state index is 13.4. The molecular formula is C20H21FN4. The summed E-state index contributed by atoms with van der Waals surface area (Å²) in [4.78, 5) is 8.95. The van der Waals surface area contributed by atoms with E-state index in [0.29, 0.717) is 23.4 Å². The second-order valence-corrected chi connectivity index (χ2v) is 6.22. The van der Waals surface area contributed by atoms with Gasteiger partial charge < -0.3 is 10.6 Å². The molecule has 2 aromatic carbocycles. The number of anilines is 4. The van der Waals surface area contributed by atoms with Crippen molar-refractivity contribution < 1.29 is 4.39 Å². The summed E-state index contributed by atoms with van der Waals surface area (Å²) in [7, 11) is 0. The van der Waals surface area contributed by atoms with Crippen LogP contribution in [0, 0.1) is 12.7 Å². The molecule has 0 amide bonds. The Morgan fingerprint density at radius 2 is 1.72 bits per heavy atom. The monoisotopic (exact) mass is 336 g/mol. The van der Waals surface area contributed by atoms with Gasteiger partial charge in [0.05, 0.1) is 0 Å². The van der Waals surface area contributed by atoms with Gasteiger partial charge in [-0.05, 0) is 42.7 Å². The summed E-state index contributed by atoms with van der Waals surface area (Å²) in [5, 5.41) is 6.41. The van der Waals surface area contributed by atoms with E-state index in [0.717, 1.165) is 11.4 Å². The van der Waals surface area contributed by atoms with Crippen molar-refractivity contribution in [3.63, 3.8) is 0 Å². The summed E-state index contributed by atoms with van der Waals surface area (Å²) in [5.41, 5.74) is 3.65. The van der Waals surface area contributed by atoms with Crippen LogP contribution in [0.25, 0.3) is 0 Å². The number of rotatable bonds is 5. The van der Waals surface area contributed by atoms with E-state index in [1.807, 2.05) is 31.2 Å². The van der Waals surface area contributed by atoms with E-state index < -0.39 is 0 Å². The van der Waals surface area contributed by atoms with Gasteiger partial charge in [-0.2, -0.15) is 4.98 Å². The Morgan fingerprint density at radius 1 is 0.920 bits per heavy atom. The number of nitrogens with zero attached hydrogens (tertiary/aromatic N) is 2. The number of aryl methyl sites for hydroxylation is 1. The summed E-state index contributed by atoms with van der Waals surface area (Å²) in [6.07, 6.45) is 0. The quantitative estimate of drug-likeness (QED) is 0.643. The minimum Gasteiger partial charge on any atom is -0.340 e. The molecule has 1 aromatic heterocycles. The maximum atomic E-state index is 13.4. The molecule has 0 bridgehead atoms. The normalized spacial score (nSPS) is 10.8. The van der Waals surface area contributed by atoms with Crippen LogP contribution in [-0.4, -0.2) is 9.97 Å². The minimum atomic E-state index is -0.292. The molecule has 0 radical (unpaired) electrons. The van der Waals surface area contributed by atoms with Crippen molar-refractivity contribution in [2.24, 2.45) is 0 Å². The van der Waals surface area contributed by atoms with E-state index in [4.69, 9.17) is 0 Å². The zero-order chi connectivity index (χ0) is 17.8. The molecule has 25 heavy (non-hydrogen) atoms. The second-order valence-electron chi connectivity index (χ2n) is 6.22. The highest BCUT2D eigenvalue weighted by molar-refractivity contribution is 5.62. The number of hydrogen-bond donors (Lipinski definition) is 2. The Bertz CT molecular complexity index is 877. The van der Waals surface area contributed by atoms with Gasteiger partial charge in [0.2, 0.25) is 5.95 Å². The molecule has 0 saturated heterocycles. The van der Waals surface area contributed by atoms with Crippen molar-refractivity contribution in [2.75, 3.05) is 10.6 Å². The lowest BCUT2D eigenvalue weighted by Gasteiger charge is -2.14. The highest BCUT2D eigenvalue weighted by atomic mass is 19.1. The summed E-state index contributed by atoms with van der Waals surface area (Å²) in [6.45, 7) is 6.20. The van der Waals surface area contributed by atoms with Gasteiger partial charge >= 0.3 is 0 Å². The second kappa shape index (κ2) is 7.30. The van der Waals surface area contributed by atoms with Crippen LogP contribution in [0.5, 0.6) is 0 Å². The fraction of sp³-hybridized carbons (Fsp3) is 0.200. The van der Waals surface area contributed by atoms with Gasteiger partial charge in [0.15, 0.2) is 0 Å². The first kappa shape index (κ1) is 16.9. The molecule has 128 valence electrons. The summed E-state index contributed by atoms with van der Waals surface area (Å²) < 4.78 is 13.4. The molecule has 5 heteroatoms. The Labute approximate surface area is 147 Å². The molecule has 0 unspecified atom stereocenters. The van der Waals surface area contributed by atoms with Crippen molar-refractivity contribution in [3.8, 4) is 0 Å². The van der Waals surface area contributed by atoms with E-state index in [9.17, 15) is 4.39 Å². The molecule has 0 saturated carbocycles. The first-order valence-corrected chi connectivity index (χ1v) is 8.25. The number of hydrogen-bond acceptors (Lipinski definition) is 4. The number of nitrogens with one attached hydrogen (secondary N) is 2. The SMILES string of the molecule is Cc1cc(Nc2cccc(F)c2)nc(Nc2ccccc2C(C)C)n1. The van der Waals surface area contributed by atoms with Crippen LogP contribution in [0.1, 0.15) is 31.0 Å². The lowest BCUT2D eigenvalue weighted by atomic mass is 10.0. The molecule has 3 aromatic rings. The molecular weight excluding hydrogens is 315 g/mol. The Hall–Kier alpha value is -2.95. The maximum Gasteiger partial charge on any atom is 0.229 e. The average molecular weight is 336 g/mol. The first-order valence-electron chi connectivity index (χ1n) is 8.25. The topological polar surface area (TPSA) is 49.8 Å². The Balaban J connectivity index is 1.87. The van der Waals surface area contributed by atoms with Gasteiger partial charge in [0.1, 0.15) is 11.6 Å². The first-order chi connectivity index (χ1) is 12.0. The summed E-state index contributed by atoms with van der Waals surface area (Å²) in [5.74, 6) is 1.22. The molecule has 2 N–H and O–H groups in total. The highest BCUT2D eigenvalue weighted by Gasteiger charge is 2.09. The zero-order valence-corrected chi connectivity index (χ0v) is 14.5. The molecule has 0 aliphatic heterocycles. The van der Waals surface area contributed by atoms with Gasteiger partial charge in [-0.1, -0.05) is 38.1 Å². The van der Waals surface area contributed by atoms with Gasteiger partial charge in [0.25, 0.3) is 0 Å². The number of para-hydroxylation sites is 1. The molecule has 0 spiro atoms. The van der Waals surface area contributed by atoms with Crippen LogP contribution >= 0.6 is 0 Å². The lowest BCUT2D eigenvalue weighted by Crippen LogP contribution is -2.04. The zero-order valence-electron chi connectivity index (χ0n) is 14.5. The number of aromatic nitrogens is 2. The summed E-state index contributed by atoms with van der Waals surface area (Å²) >= 11 is 0. The van der Waals surface area contributed by atoms with Crippen LogP contribution in [-0.2, 0) is 0 Å². The van der Waals surface area contributed by atoms with E-state index >= 15 is 0 Å². The van der Waals surface area contributed by atoms with Crippen molar-refractivity contribution in [2.45, 2.75) is 26.7 Å². The molecule has 1 heterocycles. The Kier molecular flexibility index (Phi) is 4.93. The van der Waals surface area contributed by atoms with E-state index in [1.54, 1.807) is 12.1 Å². The van der Waals surface area contributed by atoms with E-state index in [2.05, 4.69) is 40.5 Å². The fourth-order valence-corrected chi connectivity index (χ4v) is 2.64. The van der Waals surface area contributed by atoms with Crippen molar-refractivity contribution in [3.05, 3.63) is 71.7 Å². The highest BCUT2D eigenvalue weighted by Crippen LogP contribution is 2.26. The standard InChI is InChI=1S/C20H21FN4/c1-13(2)17-9-4-5-10-18(17)24-20-22-14(3)11-19(25-20)23-16-8-6-7-15(21)12-16/h4-13H,1-3H3,(H2,22,23,24,25). The third kappa shape index (κ3) is 4.32. The van der Waals surface area contributed by atoms with Crippen LogP contribution in [0.3, 0.4) is 0 Å². The summed E-state index contributed by atoms with van der Waals surface area (Å²) in [6, 6.07) is 16.2. The van der Waals surface area contributed by atoms with Crippen LogP contribution in [0.15, 0.2) is 54.6 Å². The smallest absolute Gasteiger partial charge is 0.229 e. The number of benzene rings is 2. The molecule has 0 aliphatic rings. The van der Waals surface area contributed by atoms with Crippen LogP contribution < -0.4 is 10.6 Å². The van der Waals surface area contributed by atoms with Gasteiger partial charge in [0, 0.05) is 23.1 Å². The predicted molar refractivity (Wildman–Crippen MR) is 100 cm³/mol.